The van der Waals surface area contributed by atoms with E-state index in [9.17, 15) is 0 Å². The van der Waals surface area contributed by atoms with Crippen LogP contribution in [0.1, 0.15) is 55.3 Å². The lowest BCUT2D eigenvalue weighted by molar-refractivity contribution is 0.117. The predicted octanol–water partition coefficient (Wildman–Crippen LogP) is 5.12. The molecule has 2 aromatic carbocycles. The van der Waals surface area contributed by atoms with Crippen LogP contribution in [0.15, 0.2) is 65.7 Å². The zero-order valence-corrected chi connectivity index (χ0v) is 14.8. The van der Waals surface area contributed by atoms with Gasteiger partial charge in [-0.05, 0) is 36.8 Å². The summed E-state index contributed by atoms with van der Waals surface area (Å²) in [6.45, 7) is 0. The van der Waals surface area contributed by atoms with E-state index < -0.39 is 0 Å². The molecule has 1 fully saturated rings. The predicted molar refractivity (Wildman–Crippen MR) is 102 cm³/mol. The molecule has 0 saturated heterocycles. The van der Waals surface area contributed by atoms with Crippen molar-refractivity contribution in [3.8, 4) is 0 Å². The summed E-state index contributed by atoms with van der Waals surface area (Å²) in [5.41, 5.74) is 2.52. The molecule has 0 radical (unpaired) electrons. The van der Waals surface area contributed by atoms with E-state index in [4.69, 9.17) is 9.73 Å². The van der Waals surface area contributed by atoms with Gasteiger partial charge in [0.1, 0.15) is 12.1 Å². The molecule has 0 N–H and O–H groups in total. The molecule has 130 valence electrons. The zero-order chi connectivity index (χ0) is 17.1. The van der Waals surface area contributed by atoms with Crippen LogP contribution in [-0.2, 0) is 4.74 Å². The van der Waals surface area contributed by atoms with Crippen LogP contribution >= 0.6 is 0 Å². The highest BCUT2D eigenvalue weighted by Crippen LogP contribution is 2.41. The maximum absolute atomic E-state index is 6.34. The van der Waals surface area contributed by atoms with Crippen LogP contribution in [0, 0.1) is 0 Å². The van der Waals surface area contributed by atoms with Crippen molar-refractivity contribution >= 4 is 6.02 Å². The fraction of sp³-hybridized carbons (Fsp3) is 0.409. The zero-order valence-electron chi connectivity index (χ0n) is 14.8. The second kappa shape index (κ2) is 7.30. The van der Waals surface area contributed by atoms with Crippen molar-refractivity contribution in [2.75, 3.05) is 7.05 Å². The molecular formula is C22H26N2O. The van der Waals surface area contributed by atoms with Crippen LogP contribution in [0.4, 0.5) is 0 Å². The molecule has 3 heteroatoms. The molecule has 0 unspecified atom stereocenters. The highest BCUT2D eigenvalue weighted by Gasteiger charge is 2.38. The maximum atomic E-state index is 6.34. The minimum Gasteiger partial charge on any atom is -0.462 e. The second-order valence-corrected chi connectivity index (χ2v) is 7.11. The first-order valence-corrected chi connectivity index (χ1v) is 9.40. The lowest BCUT2D eigenvalue weighted by Gasteiger charge is -2.29. The molecule has 1 aliphatic carbocycles. The molecule has 0 aromatic heterocycles. The van der Waals surface area contributed by atoms with Gasteiger partial charge >= 0.3 is 0 Å². The van der Waals surface area contributed by atoms with E-state index >= 15 is 0 Å². The Kier molecular flexibility index (Phi) is 4.73. The van der Waals surface area contributed by atoms with E-state index in [2.05, 4.69) is 72.6 Å². The number of hydrogen-bond acceptors (Lipinski definition) is 3. The summed E-state index contributed by atoms with van der Waals surface area (Å²) in [5, 5.41) is 0. The van der Waals surface area contributed by atoms with Gasteiger partial charge in [0.2, 0.25) is 0 Å². The van der Waals surface area contributed by atoms with E-state index in [-0.39, 0.29) is 12.1 Å². The Hall–Kier alpha value is -2.29. The van der Waals surface area contributed by atoms with Gasteiger partial charge in [0, 0.05) is 7.05 Å². The van der Waals surface area contributed by atoms with E-state index in [0.717, 1.165) is 18.9 Å². The van der Waals surface area contributed by atoms with Gasteiger partial charge in [0.05, 0.1) is 6.04 Å². The van der Waals surface area contributed by atoms with Gasteiger partial charge in [-0.3, -0.25) is 0 Å². The first-order chi connectivity index (χ1) is 12.3. The third-order valence-corrected chi connectivity index (χ3v) is 5.37. The topological polar surface area (TPSA) is 24.8 Å². The number of likely N-dealkylation sites (N-methyl/N-ethyl adjacent to an activating group) is 1. The lowest BCUT2D eigenvalue weighted by Crippen LogP contribution is -2.32. The molecule has 4 rings (SSSR count). The molecule has 2 aromatic rings. The summed E-state index contributed by atoms with van der Waals surface area (Å²) in [6, 6.07) is 22.3. The van der Waals surface area contributed by atoms with Crippen molar-refractivity contribution in [1.82, 2.24) is 4.90 Å². The van der Waals surface area contributed by atoms with Crippen molar-refractivity contribution < 1.29 is 4.74 Å². The first kappa shape index (κ1) is 16.2. The quantitative estimate of drug-likeness (QED) is 0.778. The van der Waals surface area contributed by atoms with Crippen LogP contribution in [0.5, 0.6) is 0 Å². The molecule has 0 bridgehead atoms. The standard InChI is InChI=1S/C22H26N2O/c1-24-21(18-13-7-3-8-14-18)20(17-11-5-2-6-12-17)23-22(24)25-19-15-9-4-10-16-19/h2-3,5-8,11-14,19-21H,4,9-10,15-16H2,1H3/t20-,21+/m0/s1. The summed E-state index contributed by atoms with van der Waals surface area (Å²) < 4.78 is 6.34. The fourth-order valence-corrected chi connectivity index (χ4v) is 4.02. The van der Waals surface area contributed by atoms with Crippen LogP contribution < -0.4 is 0 Å². The van der Waals surface area contributed by atoms with Crippen molar-refractivity contribution in [3.05, 3.63) is 71.8 Å². The Morgan fingerprint density at radius 3 is 2.08 bits per heavy atom. The molecule has 1 aliphatic heterocycles. The van der Waals surface area contributed by atoms with Gasteiger partial charge < -0.3 is 9.64 Å². The Morgan fingerprint density at radius 2 is 1.44 bits per heavy atom. The molecule has 0 amide bonds. The fourth-order valence-electron chi connectivity index (χ4n) is 4.02. The number of aliphatic imine (C=N–C) groups is 1. The van der Waals surface area contributed by atoms with E-state index in [1.54, 1.807) is 0 Å². The summed E-state index contributed by atoms with van der Waals surface area (Å²) in [6.07, 6.45) is 6.50. The molecule has 0 spiro atoms. The molecule has 1 heterocycles. The molecule has 1 saturated carbocycles. The first-order valence-electron chi connectivity index (χ1n) is 9.40. The van der Waals surface area contributed by atoms with Crippen molar-refractivity contribution in [1.29, 1.82) is 0 Å². The number of amidine groups is 1. The maximum Gasteiger partial charge on any atom is 0.288 e. The molecular weight excluding hydrogens is 308 g/mol. The minimum atomic E-state index is 0.0761. The Bertz CT molecular complexity index is 707. The lowest BCUT2D eigenvalue weighted by atomic mass is 9.94. The van der Waals surface area contributed by atoms with Gasteiger partial charge in [-0.1, -0.05) is 67.1 Å². The number of benzene rings is 2. The van der Waals surface area contributed by atoms with Crippen molar-refractivity contribution in [3.63, 3.8) is 0 Å². The van der Waals surface area contributed by atoms with Crippen molar-refractivity contribution in [2.24, 2.45) is 4.99 Å². The Labute approximate surface area is 150 Å². The van der Waals surface area contributed by atoms with Gasteiger partial charge in [-0.15, -0.1) is 0 Å². The van der Waals surface area contributed by atoms with Crippen LogP contribution in [0.25, 0.3) is 0 Å². The highest BCUT2D eigenvalue weighted by atomic mass is 16.5. The number of ether oxygens (including phenoxy) is 1. The highest BCUT2D eigenvalue weighted by molar-refractivity contribution is 5.77. The summed E-state index contributed by atoms with van der Waals surface area (Å²) in [7, 11) is 2.11. The van der Waals surface area contributed by atoms with Crippen LogP contribution in [0.3, 0.4) is 0 Å². The SMILES string of the molecule is CN1C(OC2CCCCC2)=N[C@@H](c2ccccc2)[C@H]1c1ccccc1. The minimum absolute atomic E-state index is 0.0761. The third kappa shape index (κ3) is 3.41. The number of hydrogen-bond donors (Lipinski definition) is 0. The summed E-state index contributed by atoms with van der Waals surface area (Å²) in [4.78, 5) is 7.24. The number of rotatable bonds is 3. The monoisotopic (exact) mass is 334 g/mol. The Morgan fingerprint density at radius 1 is 0.840 bits per heavy atom. The molecule has 3 nitrogen and oxygen atoms in total. The average molecular weight is 334 g/mol. The summed E-state index contributed by atoms with van der Waals surface area (Å²) in [5.74, 6) is 0. The van der Waals surface area contributed by atoms with E-state index in [0.29, 0.717) is 6.10 Å². The second-order valence-electron chi connectivity index (χ2n) is 7.11. The van der Waals surface area contributed by atoms with Gasteiger partial charge in [-0.25, -0.2) is 4.99 Å². The molecule has 2 aliphatic rings. The average Bonchev–Trinajstić information content (AvgIpc) is 3.00. The normalized spacial score (nSPS) is 24.2. The largest absolute Gasteiger partial charge is 0.462 e. The van der Waals surface area contributed by atoms with Crippen LogP contribution in [0.2, 0.25) is 0 Å². The third-order valence-electron chi connectivity index (χ3n) is 5.37. The van der Waals surface area contributed by atoms with Gasteiger partial charge in [0.15, 0.2) is 0 Å². The van der Waals surface area contributed by atoms with E-state index in [1.807, 2.05) is 0 Å². The van der Waals surface area contributed by atoms with E-state index in [1.165, 1.54) is 30.4 Å². The van der Waals surface area contributed by atoms with Gasteiger partial charge in [-0.2, -0.15) is 0 Å². The molecule has 25 heavy (non-hydrogen) atoms. The van der Waals surface area contributed by atoms with Crippen molar-refractivity contribution in [2.45, 2.75) is 50.3 Å². The summed E-state index contributed by atoms with van der Waals surface area (Å²) >= 11 is 0. The number of nitrogens with zero attached hydrogens (tertiary/aromatic N) is 2. The molecule has 2 atom stereocenters. The Balaban J connectivity index is 1.64. The van der Waals surface area contributed by atoms with Crippen LogP contribution in [-0.4, -0.2) is 24.1 Å². The smallest absolute Gasteiger partial charge is 0.288 e. The van der Waals surface area contributed by atoms with Gasteiger partial charge in [0.25, 0.3) is 6.02 Å².